The third-order valence-corrected chi connectivity index (χ3v) is 6.97. The van der Waals surface area contributed by atoms with E-state index in [9.17, 15) is 4.79 Å². The molecule has 1 amide bonds. The van der Waals surface area contributed by atoms with Crippen LogP contribution < -0.4 is 15.0 Å². The third kappa shape index (κ3) is 6.54. The first-order valence-electron chi connectivity index (χ1n) is 13.7. The Hall–Kier alpha value is -4.11. The molecule has 1 aromatic carbocycles. The lowest BCUT2D eigenvalue weighted by Gasteiger charge is -2.35. The van der Waals surface area contributed by atoms with Gasteiger partial charge in [-0.3, -0.25) is 0 Å². The summed E-state index contributed by atoms with van der Waals surface area (Å²) in [6.45, 7) is 12.6. The van der Waals surface area contributed by atoms with Gasteiger partial charge >= 0.3 is 6.09 Å². The molecule has 5 rings (SSSR count). The molecule has 1 fully saturated rings. The minimum absolute atomic E-state index is 0.291. The zero-order valence-electron chi connectivity index (χ0n) is 24.0. The van der Waals surface area contributed by atoms with Crippen LogP contribution in [0.3, 0.4) is 0 Å². The van der Waals surface area contributed by atoms with Gasteiger partial charge < -0.3 is 29.6 Å². The van der Waals surface area contributed by atoms with Crippen molar-refractivity contribution in [1.29, 1.82) is 0 Å². The van der Waals surface area contributed by atoms with E-state index in [1.165, 1.54) is 11.3 Å². The van der Waals surface area contributed by atoms with Crippen molar-refractivity contribution in [3.05, 3.63) is 60.6 Å². The number of hydrogen-bond acceptors (Lipinski definition) is 7. The summed E-state index contributed by atoms with van der Waals surface area (Å²) in [5, 5.41) is 3.71. The fourth-order valence-corrected chi connectivity index (χ4v) is 4.89. The van der Waals surface area contributed by atoms with E-state index in [4.69, 9.17) is 14.5 Å². The van der Waals surface area contributed by atoms with E-state index >= 15 is 0 Å². The van der Waals surface area contributed by atoms with Crippen molar-refractivity contribution in [2.45, 2.75) is 33.3 Å². The quantitative estimate of drug-likeness (QED) is 0.308. The third-order valence-electron chi connectivity index (χ3n) is 6.97. The monoisotopic (exact) mass is 542 g/mol. The highest BCUT2D eigenvalue weighted by Crippen LogP contribution is 2.33. The van der Waals surface area contributed by atoms with Crippen molar-refractivity contribution in [3.8, 4) is 28.1 Å². The molecule has 1 saturated heterocycles. The number of pyridine rings is 2. The molecule has 4 heterocycles. The molecular weight excluding hydrogens is 504 g/mol. The number of anilines is 1. The highest BCUT2D eigenvalue weighted by atomic mass is 16.6. The molecule has 0 atom stereocenters. The van der Waals surface area contributed by atoms with Gasteiger partial charge in [0.05, 0.1) is 6.54 Å². The number of aromatic nitrogens is 3. The number of nitrogens with zero attached hydrogens (tertiary/aromatic N) is 4. The standard InChI is InChI=1S/C31H38N6O3/c1-21-16-22(6-8-27(21)37-13-11-36(5)12-14-37)24-17-25-26(20-35-29(25)34-19-24)23-7-9-28(33-18-23)39-15-10-32-30(38)40-31(2,3)4/h6-9,16-20H,10-15H2,1-5H3,(H,32,38)(H,34,35). The highest BCUT2D eigenvalue weighted by Gasteiger charge is 2.17. The molecule has 0 unspecified atom stereocenters. The first-order valence-corrected chi connectivity index (χ1v) is 13.7. The number of piperazine rings is 1. The molecule has 0 aliphatic carbocycles. The van der Waals surface area contributed by atoms with E-state index in [0.29, 0.717) is 19.0 Å². The number of hydrogen-bond donors (Lipinski definition) is 2. The molecule has 40 heavy (non-hydrogen) atoms. The SMILES string of the molecule is Cc1cc(-c2cnc3[nH]cc(-c4ccc(OCCNC(=O)OC(C)(C)C)nc4)c3c2)ccc1N1CCN(C)CC1. The van der Waals surface area contributed by atoms with Crippen molar-refractivity contribution in [3.63, 3.8) is 0 Å². The zero-order chi connectivity index (χ0) is 28.3. The van der Waals surface area contributed by atoms with Crippen LogP contribution in [0.15, 0.2) is 55.0 Å². The van der Waals surface area contributed by atoms with Crippen molar-refractivity contribution in [2.75, 3.05) is 51.3 Å². The minimum atomic E-state index is -0.533. The van der Waals surface area contributed by atoms with Crippen LogP contribution in [0, 0.1) is 6.92 Å². The molecule has 9 nitrogen and oxygen atoms in total. The molecular formula is C31H38N6O3. The number of carbonyl (C=O) groups is 1. The van der Waals surface area contributed by atoms with Gasteiger partial charge in [0.1, 0.15) is 17.9 Å². The van der Waals surface area contributed by atoms with Gasteiger partial charge in [0, 0.05) is 78.6 Å². The summed E-state index contributed by atoms with van der Waals surface area (Å²) in [6.07, 6.45) is 5.22. The molecule has 1 aliphatic heterocycles. The molecule has 9 heteroatoms. The van der Waals surface area contributed by atoms with Crippen molar-refractivity contribution >= 4 is 22.8 Å². The van der Waals surface area contributed by atoms with E-state index in [-0.39, 0.29) is 0 Å². The number of aryl methyl sites for hydroxylation is 1. The van der Waals surface area contributed by atoms with Crippen molar-refractivity contribution in [2.24, 2.45) is 0 Å². The second kappa shape index (κ2) is 11.6. The average molecular weight is 543 g/mol. The van der Waals surface area contributed by atoms with Crippen LogP contribution >= 0.6 is 0 Å². The van der Waals surface area contributed by atoms with E-state index in [1.807, 2.05) is 45.3 Å². The number of alkyl carbamates (subject to hydrolysis) is 1. The Balaban J connectivity index is 1.26. The van der Waals surface area contributed by atoms with Crippen LogP contribution in [0.1, 0.15) is 26.3 Å². The topological polar surface area (TPSA) is 95.6 Å². The molecule has 4 aromatic rings. The van der Waals surface area contributed by atoms with Gasteiger partial charge in [-0.25, -0.2) is 14.8 Å². The summed E-state index contributed by atoms with van der Waals surface area (Å²) in [5.41, 5.74) is 7.10. The number of ether oxygens (including phenoxy) is 2. The smallest absolute Gasteiger partial charge is 0.407 e. The van der Waals surface area contributed by atoms with Crippen LogP contribution in [0.2, 0.25) is 0 Å². The first kappa shape index (κ1) is 27.5. The molecule has 1 aliphatic rings. The predicted molar refractivity (Wildman–Crippen MR) is 159 cm³/mol. The Kier molecular flexibility index (Phi) is 7.93. The van der Waals surface area contributed by atoms with E-state index in [0.717, 1.165) is 59.5 Å². The van der Waals surface area contributed by atoms with E-state index in [2.05, 4.69) is 63.3 Å². The molecule has 0 saturated carbocycles. The van der Waals surface area contributed by atoms with Crippen LogP contribution in [-0.2, 0) is 4.74 Å². The van der Waals surface area contributed by atoms with Crippen LogP contribution in [-0.4, -0.2) is 77.9 Å². The maximum Gasteiger partial charge on any atom is 0.407 e. The fourth-order valence-electron chi connectivity index (χ4n) is 4.89. The molecule has 2 N–H and O–H groups in total. The second-order valence-corrected chi connectivity index (χ2v) is 11.3. The fraction of sp³-hybridized carbons (Fsp3) is 0.387. The number of carbonyl (C=O) groups excluding carboxylic acids is 1. The van der Waals surface area contributed by atoms with Gasteiger partial charge in [-0.15, -0.1) is 0 Å². The Morgan fingerprint density at radius 3 is 2.45 bits per heavy atom. The maximum atomic E-state index is 11.8. The number of likely N-dealkylation sites (N-methyl/N-ethyl adjacent to an activating group) is 1. The van der Waals surface area contributed by atoms with Crippen LogP contribution in [0.25, 0.3) is 33.3 Å². The molecule has 0 spiro atoms. The van der Waals surface area contributed by atoms with Crippen LogP contribution in [0.4, 0.5) is 10.5 Å². The van der Waals surface area contributed by atoms with Crippen molar-refractivity contribution in [1.82, 2.24) is 25.2 Å². The van der Waals surface area contributed by atoms with Gasteiger partial charge in [0.2, 0.25) is 5.88 Å². The predicted octanol–water partition coefficient (Wildman–Crippen LogP) is 5.26. The van der Waals surface area contributed by atoms with Gasteiger partial charge in [-0.05, 0) is 70.1 Å². The number of fused-ring (bicyclic) bond motifs is 1. The Bertz CT molecular complexity index is 1470. The summed E-state index contributed by atoms with van der Waals surface area (Å²) >= 11 is 0. The van der Waals surface area contributed by atoms with Crippen molar-refractivity contribution < 1.29 is 14.3 Å². The average Bonchev–Trinajstić information content (AvgIpc) is 3.34. The number of nitrogens with one attached hydrogen (secondary N) is 2. The lowest BCUT2D eigenvalue weighted by atomic mass is 10.0. The van der Waals surface area contributed by atoms with E-state index < -0.39 is 11.7 Å². The molecule has 3 aromatic heterocycles. The summed E-state index contributed by atoms with van der Waals surface area (Å²) in [6, 6.07) is 12.7. The Morgan fingerprint density at radius 2 is 1.75 bits per heavy atom. The lowest BCUT2D eigenvalue weighted by Crippen LogP contribution is -2.44. The number of amides is 1. The summed E-state index contributed by atoms with van der Waals surface area (Å²) < 4.78 is 10.9. The summed E-state index contributed by atoms with van der Waals surface area (Å²) in [4.78, 5) is 29.0. The Morgan fingerprint density at radius 1 is 1.00 bits per heavy atom. The molecule has 210 valence electrons. The normalized spacial score (nSPS) is 14.4. The largest absolute Gasteiger partial charge is 0.476 e. The highest BCUT2D eigenvalue weighted by molar-refractivity contribution is 5.95. The summed E-state index contributed by atoms with van der Waals surface area (Å²) in [7, 11) is 2.18. The molecule has 0 bridgehead atoms. The second-order valence-electron chi connectivity index (χ2n) is 11.3. The number of benzene rings is 1. The number of aromatic amines is 1. The minimum Gasteiger partial charge on any atom is -0.476 e. The van der Waals surface area contributed by atoms with Gasteiger partial charge in [-0.1, -0.05) is 6.07 Å². The number of rotatable bonds is 7. The Labute approximate surface area is 235 Å². The number of H-pyrrole nitrogens is 1. The zero-order valence-corrected chi connectivity index (χ0v) is 24.0. The first-order chi connectivity index (χ1) is 19.2. The van der Waals surface area contributed by atoms with E-state index in [1.54, 1.807) is 6.20 Å². The van der Waals surface area contributed by atoms with Gasteiger partial charge in [0.15, 0.2) is 0 Å². The summed E-state index contributed by atoms with van der Waals surface area (Å²) in [5.74, 6) is 0.490. The van der Waals surface area contributed by atoms with Crippen LogP contribution in [0.5, 0.6) is 5.88 Å². The lowest BCUT2D eigenvalue weighted by molar-refractivity contribution is 0.0520. The van der Waals surface area contributed by atoms with Gasteiger partial charge in [-0.2, -0.15) is 0 Å². The molecule has 0 radical (unpaired) electrons. The maximum absolute atomic E-state index is 11.8. The van der Waals surface area contributed by atoms with Gasteiger partial charge in [0.25, 0.3) is 0 Å².